The van der Waals surface area contributed by atoms with Crippen LogP contribution >= 0.6 is 0 Å². The predicted octanol–water partition coefficient (Wildman–Crippen LogP) is 3.71. The van der Waals surface area contributed by atoms with Gasteiger partial charge in [-0.3, -0.25) is 4.99 Å². The van der Waals surface area contributed by atoms with Crippen LogP contribution in [-0.4, -0.2) is 13.3 Å². The topological polar surface area (TPSA) is 12.4 Å². The molecule has 0 saturated heterocycles. The average molecular weight is 201 g/mol. The van der Waals surface area contributed by atoms with Gasteiger partial charge in [-0.1, -0.05) is 44.2 Å². The van der Waals surface area contributed by atoms with Crippen LogP contribution in [0.15, 0.2) is 52.6 Å². The molecule has 0 atom stereocenters. The molecule has 0 aromatic rings. The first-order valence-electron chi connectivity index (χ1n) is 5.23. The maximum atomic E-state index is 3.93. The van der Waals surface area contributed by atoms with Gasteiger partial charge in [-0.2, -0.15) is 0 Å². The van der Waals surface area contributed by atoms with E-state index in [2.05, 4.69) is 56.1 Å². The summed E-state index contributed by atoms with van der Waals surface area (Å²) in [7, 11) is 1.78. The molecule has 1 rings (SSSR count). The molecule has 0 N–H and O–H groups in total. The summed E-state index contributed by atoms with van der Waals surface area (Å²) in [5.74, 6) is 0. The maximum Gasteiger partial charge on any atom is 0.0277 e. The fraction of sp³-hybridized carbons (Fsp3) is 0.357. The normalized spacial score (nSPS) is 20.5. The molecule has 0 unspecified atom stereocenters. The lowest BCUT2D eigenvalue weighted by Gasteiger charge is -2.14. The van der Waals surface area contributed by atoms with Crippen molar-refractivity contribution >= 4 is 6.21 Å². The van der Waals surface area contributed by atoms with Crippen LogP contribution in [0.2, 0.25) is 0 Å². The lowest BCUT2D eigenvalue weighted by Crippen LogP contribution is -2.02. The lowest BCUT2D eigenvalue weighted by atomic mass is 9.90. The van der Waals surface area contributed by atoms with Gasteiger partial charge >= 0.3 is 0 Å². The summed E-state index contributed by atoms with van der Waals surface area (Å²) in [5, 5.41) is 0. The zero-order valence-electron chi connectivity index (χ0n) is 9.99. The molecule has 0 heterocycles. The highest BCUT2D eigenvalue weighted by Gasteiger charge is 2.13. The number of hydrogen-bond acceptors (Lipinski definition) is 1. The first-order chi connectivity index (χ1) is 7.05. The van der Waals surface area contributed by atoms with Crippen molar-refractivity contribution < 1.29 is 0 Å². The van der Waals surface area contributed by atoms with Gasteiger partial charge in [-0.25, -0.2) is 0 Å². The van der Waals surface area contributed by atoms with E-state index >= 15 is 0 Å². The Labute approximate surface area is 92.6 Å². The molecule has 0 aromatic heterocycles. The van der Waals surface area contributed by atoms with Crippen molar-refractivity contribution in [3.05, 3.63) is 47.6 Å². The van der Waals surface area contributed by atoms with E-state index in [1.165, 1.54) is 11.1 Å². The molecule has 1 aliphatic rings. The van der Waals surface area contributed by atoms with Crippen molar-refractivity contribution in [1.82, 2.24) is 0 Å². The summed E-state index contributed by atoms with van der Waals surface area (Å²) in [6.45, 7) is 6.54. The van der Waals surface area contributed by atoms with E-state index in [4.69, 9.17) is 0 Å². The Hall–Kier alpha value is -1.37. The highest BCUT2D eigenvalue weighted by atomic mass is 14.6. The standard InChI is InChI=1S/C14H19N/c1-12-7-5-9-14(2,3)11-13(12)8-6-10-15-4/h5-11H,1-4H3. The minimum Gasteiger partial charge on any atom is -0.297 e. The van der Waals surface area contributed by atoms with Gasteiger partial charge in [-0.05, 0) is 24.1 Å². The van der Waals surface area contributed by atoms with Crippen LogP contribution in [0, 0.1) is 5.41 Å². The summed E-state index contributed by atoms with van der Waals surface area (Å²) >= 11 is 0. The van der Waals surface area contributed by atoms with Gasteiger partial charge in [-0.15, -0.1) is 0 Å². The van der Waals surface area contributed by atoms with Crippen LogP contribution in [-0.2, 0) is 0 Å². The Bertz CT molecular complexity index is 363. The van der Waals surface area contributed by atoms with Crippen molar-refractivity contribution in [2.24, 2.45) is 10.4 Å². The summed E-state index contributed by atoms with van der Waals surface area (Å²) in [6.07, 6.45) is 14.7. The Morgan fingerprint density at radius 1 is 1.33 bits per heavy atom. The number of hydrogen-bond donors (Lipinski definition) is 0. The summed E-state index contributed by atoms with van der Waals surface area (Å²) in [5.41, 5.74) is 2.68. The summed E-state index contributed by atoms with van der Waals surface area (Å²) in [4.78, 5) is 3.93. The first-order valence-corrected chi connectivity index (χ1v) is 5.23. The average Bonchev–Trinajstić information content (AvgIpc) is 2.27. The molecule has 1 aliphatic carbocycles. The maximum absolute atomic E-state index is 3.93. The molecule has 0 bridgehead atoms. The monoisotopic (exact) mass is 201 g/mol. The molecule has 80 valence electrons. The lowest BCUT2D eigenvalue weighted by molar-refractivity contribution is 0.624. The van der Waals surface area contributed by atoms with Crippen molar-refractivity contribution in [1.29, 1.82) is 0 Å². The second-order valence-electron chi connectivity index (χ2n) is 4.40. The second-order valence-corrected chi connectivity index (χ2v) is 4.40. The highest BCUT2D eigenvalue weighted by Crippen LogP contribution is 2.27. The van der Waals surface area contributed by atoms with E-state index in [9.17, 15) is 0 Å². The van der Waals surface area contributed by atoms with Crippen molar-refractivity contribution in [3.63, 3.8) is 0 Å². The Morgan fingerprint density at radius 2 is 2.07 bits per heavy atom. The molecule has 0 spiro atoms. The molecule has 0 radical (unpaired) electrons. The zero-order valence-corrected chi connectivity index (χ0v) is 9.99. The minimum absolute atomic E-state index is 0.122. The Balaban J connectivity index is 2.98. The molecule has 15 heavy (non-hydrogen) atoms. The minimum atomic E-state index is 0.122. The van der Waals surface area contributed by atoms with Crippen LogP contribution in [0.4, 0.5) is 0 Å². The molecule has 0 aliphatic heterocycles. The smallest absolute Gasteiger partial charge is 0.0277 e. The second kappa shape index (κ2) is 4.92. The van der Waals surface area contributed by atoms with Gasteiger partial charge in [0.1, 0.15) is 0 Å². The molecule has 0 amide bonds. The fourth-order valence-electron chi connectivity index (χ4n) is 1.51. The van der Waals surface area contributed by atoms with E-state index in [1.807, 2.05) is 6.08 Å². The third-order valence-corrected chi connectivity index (χ3v) is 2.37. The van der Waals surface area contributed by atoms with Crippen molar-refractivity contribution in [3.8, 4) is 0 Å². The quantitative estimate of drug-likeness (QED) is 0.604. The van der Waals surface area contributed by atoms with E-state index in [-0.39, 0.29) is 5.41 Å². The fourth-order valence-corrected chi connectivity index (χ4v) is 1.51. The van der Waals surface area contributed by atoms with E-state index in [0.29, 0.717) is 0 Å². The van der Waals surface area contributed by atoms with Crippen LogP contribution < -0.4 is 0 Å². The van der Waals surface area contributed by atoms with Crippen molar-refractivity contribution in [2.75, 3.05) is 7.05 Å². The van der Waals surface area contributed by atoms with Crippen LogP contribution in [0.25, 0.3) is 0 Å². The van der Waals surface area contributed by atoms with E-state index in [1.54, 1.807) is 13.3 Å². The molecule has 0 saturated carbocycles. The van der Waals surface area contributed by atoms with Crippen molar-refractivity contribution in [2.45, 2.75) is 20.8 Å². The molecule has 1 heteroatoms. The van der Waals surface area contributed by atoms with Gasteiger partial charge in [0.25, 0.3) is 0 Å². The van der Waals surface area contributed by atoms with E-state index in [0.717, 1.165) is 0 Å². The number of allylic oxidation sites excluding steroid dienone is 8. The molecule has 0 aromatic carbocycles. The number of rotatable bonds is 2. The third kappa shape index (κ3) is 3.70. The van der Waals surface area contributed by atoms with Gasteiger partial charge in [0.2, 0.25) is 0 Å². The van der Waals surface area contributed by atoms with Gasteiger partial charge in [0.05, 0.1) is 0 Å². The van der Waals surface area contributed by atoms with E-state index < -0.39 is 0 Å². The molecule has 0 fully saturated rings. The van der Waals surface area contributed by atoms with Crippen LogP contribution in [0.1, 0.15) is 20.8 Å². The predicted molar refractivity (Wildman–Crippen MR) is 68.3 cm³/mol. The number of nitrogens with zero attached hydrogens (tertiary/aromatic N) is 1. The van der Waals surface area contributed by atoms with Gasteiger partial charge in [0.15, 0.2) is 0 Å². The largest absolute Gasteiger partial charge is 0.297 e. The zero-order chi connectivity index (χ0) is 11.3. The molecular formula is C14H19N. The van der Waals surface area contributed by atoms with Gasteiger partial charge < -0.3 is 0 Å². The van der Waals surface area contributed by atoms with Gasteiger partial charge in [0, 0.05) is 18.7 Å². The van der Waals surface area contributed by atoms with Crippen LogP contribution in [0.3, 0.4) is 0 Å². The van der Waals surface area contributed by atoms with Crippen LogP contribution in [0.5, 0.6) is 0 Å². The number of aliphatic imine (C=N–C) groups is 1. The molecular weight excluding hydrogens is 182 g/mol. The highest BCUT2D eigenvalue weighted by molar-refractivity contribution is 5.72. The summed E-state index contributed by atoms with van der Waals surface area (Å²) in [6, 6.07) is 0. The summed E-state index contributed by atoms with van der Waals surface area (Å²) < 4.78 is 0. The Morgan fingerprint density at radius 3 is 2.73 bits per heavy atom. The SMILES string of the molecule is CN=CC=CC1=CC(C)(C)C=CC=C1C. The molecule has 1 nitrogen and oxygen atoms in total. The first kappa shape index (κ1) is 11.7. The Kier molecular flexibility index (Phi) is 3.84. The third-order valence-electron chi connectivity index (χ3n) is 2.37.